The van der Waals surface area contributed by atoms with Crippen molar-refractivity contribution >= 4 is 23.5 Å². The van der Waals surface area contributed by atoms with E-state index in [1.54, 1.807) is 21.9 Å². The van der Waals surface area contributed by atoms with Gasteiger partial charge in [0, 0.05) is 44.5 Å². The number of fused-ring (bicyclic) bond motifs is 1. The van der Waals surface area contributed by atoms with Gasteiger partial charge in [0.25, 0.3) is 11.8 Å². The molecule has 1 aromatic rings. The van der Waals surface area contributed by atoms with Crippen molar-refractivity contribution in [3.63, 3.8) is 0 Å². The number of benzene rings is 1. The molecular weight excluding hydrogens is 320 g/mol. The van der Waals surface area contributed by atoms with Crippen molar-refractivity contribution in [1.82, 2.24) is 14.7 Å². The summed E-state index contributed by atoms with van der Waals surface area (Å²) < 4.78 is 0. The fraction of sp³-hybridized carbons (Fsp3) is 0.500. The van der Waals surface area contributed by atoms with E-state index in [4.69, 9.17) is 0 Å². The maximum Gasteiger partial charge on any atom is 0.327 e. The standard InChI is InChI=1S/C18H24N4O3/c1-12(2)22-17(24)15-11-20(9-10-21(15)18(22)25)16(23)13-5-7-14(8-6-13)19(3)4/h5-8,12,15H,9-11H2,1-4H3/t15-/m1/s1. The number of carbonyl (C=O) groups is 3. The molecule has 0 aliphatic carbocycles. The number of rotatable bonds is 3. The zero-order valence-electron chi connectivity index (χ0n) is 15.1. The molecule has 2 aliphatic heterocycles. The van der Waals surface area contributed by atoms with Gasteiger partial charge < -0.3 is 14.7 Å². The Kier molecular flexibility index (Phi) is 4.41. The average Bonchev–Trinajstić information content (AvgIpc) is 2.85. The lowest BCUT2D eigenvalue weighted by Gasteiger charge is -2.35. The maximum atomic E-state index is 12.8. The Bertz CT molecular complexity index is 699. The van der Waals surface area contributed by atoms with Crippen molar-refractivity contribution in [1.29, 1.82) is 0 Å². The topological polar surface area (TPSA) is 64.2 Å². The van der Waals surface area contributed by atoms with Crippen LogP contribution in [0.3, 0.4) is 0 Å². The molecule has 7 nitrogen and oxygen atoms in total. The molecule has 1 atom stereocenters. The van der Waals surface area contributed by atoms with Gasteiger partial charge in [-0.2, -0.15) is 0 Å². The molecule has 25 heavy (non-hydrogen) atoms. The summed E-state index contributed by atoms with van der Waals surface area (Å²) in [7, 11) is 3.89. The first-order valence-electron chi connectivity index (χ1n) is 8.51. The summed E-state index contributed by atoms with van der Waals surface area (Å²) in [5.41, 5.74) is 1.61. The largest absolute Gasteiger partial charge is 0.378 e. The smallest absolute Gasteiger partial charge is 0.327 e. The molecule has 1 aromatic carbocycles. The molecule has 2 fully saturated rings. The third kappa shape index (κ3) is 2.94. The molecule has 0 radical (unpaired) electrons. The van der Waals surface area contributed by atoms with Crippen molar-refractivity contribution in [3.8, 4) is 0 Å². The van der Waals surface area contributed by atoms with Crippen LogP contribution in [-0.4, -0.2) is 78.4 Å². The van der Waals surface area contributed by atoms with E-state index in [1.807, 2.05) is 45.0 Å². The Morgan fingerprint density at radius 3 is 2.32 bits per heavy atom. The van der Waals surface area contributed by atoms with Crippen LogP contribution in [0.1, 0.15) is 24.2 Å². The SMILES string of the molecule is CC(C)N1C(=O)[C@H]2CN(C(=O)c3ccc(N(C)C)cc3)CCN2C1=O. The summed E-state index contributed by atoms with van der Waals surface area (Å²) in [6.45, 7) is 4.73. The number of piperazine rings is 1. The second kappa shape index (κ2) is 6.38. The molecule has 2 aliphatic rings. The number of anilines is 1. The second-order valence-corrected chi connectivity index (χ2v) is 6.99. The first-order chi connectivity index (χ1) is 11.8. The maximum absolute atomic E-state index is 12.8. The third-order valence-corrected chi connectivity index (χ3v) is 4.79. The molecule has 0 unspecified atom stereocenters. The highest BCUT2D eigenvalue weighted by atomic mass is 16.2. The molecule has 0 spiro atoms. The fourth-order valence-electron chi connectivity index (χ4n) is 3.36. The molecule has 7 heteroatoms. The van der Waals surface area contributed by atoms with Crippen LogP contribution in [0, 0.1) is 0 Å². The van der Waals surface area contributed by atoms with E-state index in [-0.39, 0.29) is 30.4 Å². The first kappa shape index (κ1) is 17.3. The molecule has 0 saturated carbocycles. The highest BCUT2D eigenvalue weighted by Gasteiger charge is 2.49. The van der Waals surface area contributed by atoms with Crippen molar-refractivity contribution in [3.05, 3.63) is 29.8 Å². The fourth-order valence-corrected chi connectivity index (χ4v) is 3.36. The van der Waals surface area contributed by atoms with Gasteiger partial charge >= 0.3 is 6.03 Å². The van der Waals surface area contributed by atoms with Gasteiger partial charge in [-0.25, -0.2) is 4.79 Å². The summed E-state index contributed by atoms with van der Waals surface area (Å²) in [6.07, 6.45) is 0. The predicted octanol–water partition coefficient (Wildman–Crippen LogP) is 1.25. The third-order valence-electron chi connectivity index (χ3n) is 4.79. The molecule has 2 saturated heterocycles. The predicted molar refractivity (Wildman–Crippen MR) is 94.5 cm³/mol. The summed E-state index contributed by atoms with van der Waals surface area (Å²) in [4.78, 5) is 44.2. The number of imide groups is 1. The van der Waals surface area contributed by atoms with Crippen LogP contribution in [0.5, 0.6) is 0 Å². The molecule has 2 heterocycles. The van der Waals surface area contributed by atoms with Crippen molar-refractivity contribution in [2.45, 2.75) is 25.9 Å². The zero-order chi connectivity index (χ0) is 18.3. The Hall–Kier alpha value is -2.57. The number of nitrogens with zero attached hydrogens (tertiary/aromatic N) is 4. The van der Waals surface area contributed by atoms with E-state index in [0.29, 0.717) is 18.7 Å². The summed E-state index contributed by atoms with van der Waals surface area (Å²) >= 11 is 0. The quantitative estimate of drug-likeness (QED) is 0.774. The number of hydrogen-bond acceptors (Lipinski definition) is 4. The molecule has 4 amide bonds. The van der Waals surface area contributed by atoms with Crippen molar-refractivity contribution < 1.29 is 14.4 Å². The van der Waals surface area contributed by atoms with Gasteiger partial charge in [0.1, 0.15) is 6.04 Å². The van der Waals surface area contributed by atoms with Gasteiger partial charge in [0.15, 0.2) is 0 Å². The van der Waals surface area contributed by atoms with Crippen molar-refractivity contribution in [2.75, 3.05) is 38.6 Å². The summed E-state index contributed by atoms with van der Waals surface area (Å²) in [6, 6.07) is 6.41. The Balaban J connectivity index is 1.75. The summed E-state index contributed by atoms with van der Waals surface area (Å²) in [5.74, 6) is -0.311. The number of urea groups is 1. The monoisotopic (exact) mass is 344 g/mol. The normalized spacial score (nSPS) is 20.4. The summed E-state index contributed by atoms with van der Waals surface area (Å²) in [5, 5.41) is 0. The van der Waals surface area contributed by atoms with Gasteiger partial charge in [-0.1, -0.05) is 0 Å². The Labute approximate surface area is 147 Å². The van der Waals surface area contributed by atoms with E-state index in [2.05, 4.69) is 0 Å². The zero-order valence-corrected chi connectivity index (χ0v) is 15.1. The van der Waals surface area contributed by atoms with E-state index >= 15 is 0 Å². The minimum Gasteiger partial charge on any atom is -0.378 e. The highest BCUT2D eigenvalue weighted by molar-refractivity contribution is 6.05. The number of amides is 4. The van der Waals surface area contributed by atoms with E-state index in [9.17, 15) is 14.4 Å². The van der Waals surface area contributed by atoms with Crippen LogP contribution in [0.15, 0.2) is 24.3 Å². The molecule has 0 N–H and O–H groups in total. The Morgan fingerprint density at radius 1 is 1.12 bits per heavy atom. The van der Waals surface area contributed by atoms with Gasteiger partial charge in [-0.15, -0.1) is 0 Å². The van der Waals surface area contributed by atoms with E-state index in [1.165, 1.54) is 4.90 Å². The van der Waals surface area contributed by atoms with Gasteiger partial charge in [-0.05, 0) is 38.1 Å². The van der Waals surface area contributed by atoms with E-state index < -0.39 is 6.04 Å². The Morgan fingerprint density at radius 2 is 1.76 bits per heavy atom. The van der Waals surface area contributed by atoms with Crippen LogP contribution in [0.4, 0.5) is 10.5 Å². The average molecular weight is 344 g/mol. The lowest BCUT2D eigenvalue weighted by molar-refractivity contribution is -0.130. The molecule has 0 bridgehead atoms. The second-order valence-electron chi connectivity index (χ2n) is 6.99. The van der Waals surface area contributed by atoms with Crippen LogP contribution < -0.4 is 4.90 Å². The number of carbonyl (C=O) groups excluding carboxylic acids is 3. The number of hydrogen-bond donors (Lipinski definition) is 0. The molecule has 0 aromatic heterocycles. The first-order valence-corrected chi connectivity index (χ1v) is 8.51. The van der Waals surface area contributed by atoms with Crippen LogP contribution >= 0.6 is 0 Å². The lowest BCUT2D eigenvalue weighted by atomic mass is 10.1. The van der Waals surface area contributed by atoms with Crippen molar-refractivity contribution in [2.24, 2.45) is 0 Å². The van der Waals surface area contributed by atoms with E-state index in [0.717, 1.165) is 5.69 Å². The van der Waals surface area contributed by atoms with Crippen LogP contribution in [0.2, 0.25) is 0 Å². The van der Waals surface area contributed by atoms with Gasteiger partial charge in [-0.3, -0.25) is 14.5 Å². The van der Waals surface area contributed by atoms with Crippen LogP contribution in [0.25, 0.3) is 0 Å². The molecule has 134 valence electrons. The minimum absolute atomic E-state index is 0.104. The molecular formula is C18H24N4O3. The van der Waals surface area contributed by atoms with Crippen LogP contribution in [-0.2, 0) is 4.79 Å². The molecule has 3 rings (SSSR count). The van der Waals surface area contributed by atoms with Gasteiger partial charge in [0.2, 0.25) is 0 Å². The van der Waals surface area contributed by atoms with Gasteiger partial charge in [0.05, 0.1) is 6.54 Å². The lowest BCUT2D eigenvalue weighted by Crippen LogP contribution is -2.54. The highest BCUT2D eigenvalue weighted by Crippen LogP contribution is 2.25. The minimum atomic E-state index is -0.561.